The summed E-state index contributed by atoms with van der Waals surface area (Å²) in [4.78, 5) is 14.1. The summed E-state index contributed by atoms with van der Waals surface area (Å²) in [6.07, 6.45) is -7.72. The molecule has 0 amide bonds. The van der Waals surface area contributed by atoms with Crippen LogP contribution in [0.25, 0.3) is 11.5 Å². The Bertz CT molecular complexity index is 661. The molecule has 1 aromatic heterocycles. The van der Waals surface area contributed by atoms with Gasteiger partial charge in [0, 0.05) is 5.56 Å². The minimum atomic E-state index is -4.55. The maximum Gasteiger partial charge on any atom is 0.416 e. The van der Waals surface area contributed by atoms with Crippen molar-refractivity contribution in [2.75, 3.05) is 0 Å². The number of nitrogens with zero attached hydrogens (tertiary/aromatic N) is 1. The molecule has 0 fully saturated rings. The van der Waals surface area contributed by atoms with E-state index in [1.165, 1.54) is 0 Å². The third-order valence-electron chi connectivity index (χ3n) is 2.51. The predicted octanol–water partition coefficient (Wildman–Crippen LogP) is 4.00. The number of hydrogen-bond acceptors (Lipinski definition) is 3. The zero-order valence-corrected chi connectivity index (χ0v) is 9.99. The van der Waals surface area contributed by atoms with Crippen LogP contribution < -0.4 is 0 Å². The first-order valence-corrected chi connectivity index (χ1v) is 5.40. The van der Waals surface area contributed by atoms with Crippen molar-refractivity contribution >= 4 is 5.97 Å². The third-order valence-corrected chi connectivity index (χ3v) is 2.51. The second kappa shape index (κ2) is 5.15. The van der Waals surface area contributed by atoms with Crippen LogP contribution in [0.3, 0.4) is 0 Å². The molecule has 2 aromatic rings. The quantitative estimate of drug-likeness (QED) is 0.871. The number of carboxylic acids is 1. The van der Waals surface area contributed by atoms with E-state index in [2.05, 4.69) is 9.40 Å². The van der Waals surface area contributed by atoms with E-state index in [9.17, 15) is 26.7 Å². The molecule has 0 atom stereocenters. The molecule has 0 saturated heterocycles. The molecule has 9 heteroatoms. The van der Waals surface area contributed by atoms with Gasteiger partial charge in [-0.05, 0) is 24.3 Å². The highest BCUT2D eigenvalue weighted by atomic mass is 19.4. The van der Waals surface area contributed by atoms with Gasteiger partial charge in [0.05, 0.1) is 5.56 Å². The summed E-state index contributed by atoms with van der Waals surface area (Å²) < 4.78 is 67.0. The van der Waals surface area contributed by atoms with Gasteiger partial charge in [0.1, 0.15) is 0 Å². The monoisotopic (exact) mass is 307 g/mol. The molecule has 0 bridgehead atoms. The summed E-state index contributed by atoms with van der Waals surface area (Å²) >= 11 is 0. The average Bonchev–Trinajstić information content (AvgIpc) is 2.83. The topological polar surface area (TPSA) is 63.3 Å². The Kier molecular flexibility index (Phi) is 3.67. The van der Waals surface area contributed by atoms with Crippen LogP contribution >= 0.6 is 0 Å². The molecule has 0 spiro atoms. The Hall–Kier alpha value is -2.45. The molecule has 112 valence electrons. The lowest BCUT2D eigenvalue weighted by molar-refractivity contribution is -0.137. The minimum absolute atomic E-state index is 0.0441. The maximum absolute atomic E-state index is 12.6. The summed E-state index contributed by atoms with van der Waals surface area (Å²) in [6, 6.07) is 3.33. The van der Waals surface area contributed by atoms with Crippen molar-refractivity contribution in [2.24, 2.45) is 0 Å². The van der Waals surface area contributed by atoms with Gasteiger partial charge in [-0.2, -0.15) is 13.2 Å². The van der Waals surface area contributed by atoms with Crippen LogP contribution in [-0.4, -0.2) is 16.1 Å². The number of rotatable bonds is 3. The highest BCUT2D eigenvalue weighted by molar-refractivity contribution is 5.86. The highest BCUT2D eigenvalue weighted by Crippen LogP contribution is 2.32. The number of hydrogen-bond donors (Lipinski definition) is 1. The Morgan fingerprint density at radius 2 is 1.76 bits per heavy atom. The van der Waals surface area contributed by atoms with Gasteiger partial charge in [-0.25, -0.2) is 18.6 Å². The molecule has 1 heterocycles. The summed E-state index contributed by atoms with van der Waals surface area (Å²) in [5.74, 6) is -3.27. The zero-order chi connectivity index (χ0) is 15.8. The molecule has 0 aliphatic heterocycles. The first-order valence-electron chi connectivity index (χ1n) is 5.40. The minimum Gasteiger partial charge on any atom is -0.475 e. The van der Waals surface area contributed by atoms with Crippen LogP contribution in [-0.2, 0) is 6.18 Å². The summed E-state index contributed by atoms with van der Waals surface area (Å²) in [5, 5.41) is 8.71. The average molecular weight is 307 g/mol. The van der Waals surface area contributed by atoms with E-state index >= 15 is 0 Å². The lowest BCUT2D eigenvalue weighted by Crippen LogP contribution is -2.03. The van der Waals surface area contributed by atoms with E-state index in [4.69, 9.17) is 5.11 Å². The standard InChI is InChI=1S/C12H6F5NO3/c13-9(14)7-8(11(19)20)21-10(18-7)5-1-3-6(4-2-5)12(15,16)17/h1-4,9H,(H,19,20). The van der Waals surface area contributed by atoms with Gasteiger partial charge in [-0.3, -0.25) is 0 Å². The third kappa shape index (κ3) is 3.01. The fraction of sp³-hybridized carbons (Fsp3) is 0.167. The van der Waals surface area contributed by atoms with Crippen molar-refractivity contribution in [3.8, 4) is 11.5 Å². The number of oxazole rings is 1. The Morgan fingerprint density at radius 1 is 1.19 bits per heavy atom. The van der Waals surface area contributed by atoms with Gasteiger partial charge < -0.3 is 9.52 Å². The van der Waals surface area contributed by atoms with Crippen molar-refractivity contribution in [1.29, 1.82) is 0 Å². The van der Waals surface area contributed by atoms with Gasteiger partial charge in [0.15, 0.2) is 5.69 Å². The van der Waals surface area contributed by atoms with Crippen molar-refractivity contribution < 1.29 is 36.3 Å². The summed E-state index contributed by atoms with van der Waals surface area (Å²) in [5.41, 5.74) is -2.06. The number of benzene rings is 1. The number of alkyl halides is 5. The molecule has 0 radical (unpaired) electrons. The molecule has 4 nitrogen and oxygen atoms in total. The Morgan fingerprint density at radius 3 is 2.14 bits per heavy atom. The van der Waals surface area contributed by atoms with Gasteiger partial charge in [-0.1, -0.05) is 0 Å². The number of carbonyl (C=O) groups is 1. The van der Waals surface area contributed by atoms with Gasteiger partial charge in [0.2, 0.25) is 11.7 Å². The molecule has 1 aromatic carbocycles. The normalized spacial score (nSPS) is 11.9. The van der Waals surface area contributed by atoms with Crippen molar-refractivity contribution in [3.63, 3.8) is 0 Å². The maximum atomic E-state index is 12.6. The SMILES string of the molecule is O=C(O)c1oc(-c2ccc(C(F)(F)F)cc2)nc1C(F)F. The van der Waals surface area contributed by atoms with E-state index in [0.29, 0.717) is 12.1 Å². The number of aromatic carboxylic acids is 1. The first-order chi connectivity index (χ1) is 9.70. The zero-order valence-electron chi connectivity index (χ0n) is 9.99. The Balaban J connectivity index is 2.43. The first kappa shape index (κ1) is 14.9. The molecule has 0 aliphatic rings. The van der Waals surface area contributed by atoms with Crippen LogP contribution in [0.2, 0.25) is 0 Å². The van der Waals surface area contributed by atoms with Crippen molar-refractivity contribution in [2.45, 2.75) is 12.6 Å². The summed E-state index contributed by atoms with van der Waals surface area (Å²) in [6.45, 7) is 0. The van der Waals surface area contributed by atoms with Crippen LogP contribution in [0.15, 0.2) is 28.7 Å². The second-order valence-corrected chi connectivity index (χ2v) is 3.91. The van der Waals surface area contributed by atoms with Crippen LogP contribution in [0, 0.1) is 0 Å². The molecule has 21 heavy (non-hydrogen) atoms. The molecule has 0 aliphatic carbocycles. The van der Waals surface area contributed by atoms with Gasteiger partial charge in [0.25, 0.3) is 6.43 Å². The van der Waals surface area contributed by atoms with Crippen LogP contribution in [0.1, 0.15) is 28.2 Å². The van der Waals surface area contributed by atoms with Gasteiger partial charge >= 0.3 is 12.1 Å². The largest absolute Gasteiger partial charge is 0.475 e. The van der Waals surface area contributed by atoms with E-state index in [-0.39, 0.29) is 5.56 Å². The summed E-state index contributed by atoms with van der Waals surface area (Å²) in [7, 11) is 0. The number of carboxylic acid groups (broad SMARTS) is 1. The van der Waals surface area contributed by atoms with Crippen LogP contribution in [0.4, 0.5) is 22.0 Å². The highest BCUT2D eigenvalue weighted by Gasteiger charge is 2.31. The molecule has 0 saturated carbocycles. The number of halogens is 5. The fourth-order valence-corrected chi connectivity index (χ4v) is 1.56. The van der Waals surface area contributed by atoms with Gasteiger partial charge in [-0.15, -0.1) is 0 Å². The second-order valence-electron chi connectivity index (χ2n) is 3.91. The Labute approximate surface area is 113 Å². The molecular weight excluding hydrogens is 301 g/mol. The molecular formula is C12H6F5NO3. The predicted molar refractivity (Wildman–Crippen MR) is 58.9 cm³/mol. The lowest BCUT2D eigenvalue weighted by atomic mass is 10.1. The molecule has 0 unspecified atom stereocenters. The van der Waals surface area contributed by atoms with Crippen molar-refractivity contribution in [3.05, 3.63) is 41.3 Å². The smallest absolute Gasteiger partial charge is 0.416 e. The molecule has 1 N–H and O–H groups in total. The number of aromatic nitrogens is 1. The van der Waals surface area contributed by atoms with E-state index in [0.717, 1.165) is 12.1 Å². The lowest BCUT2D eigenvalue weighted by Gasteiger charge is -2.05. The van der Waals surface area contributed by atoms with Crippen molar-refractivity contribution in [1.82, 2.24) is 4.98 Å². The molecule has 2 rings (SSSR count). The van der Waals surface area contributed by atoms with E-state index < -0.39 is 41.5 Å². The van der Waals surface area contributed by atoms with Crippen LogP contribution in [0.5, 0.6) is 0 Å². The van der Waals surface area contributed by atoms with E-state index in [1.807, 2.05) is 0 Å². The van der Waals surface area contributed by atoms with E-state index in [1.54, 1.807) is 0 Å². The fourth-order valence-electron chi connectivity index (χ4n) is 1.56.